The van der Waals surface area contributed by atoms with Gasteiger partial charge in [0.15, 0.2) is 0 Å². The van der Waals surface area contributed by atoms with Gasteiger partial charge in [0.05, 0.1) is 18.0 Å². The highest BCUT2D eigenvalue weighted by atomic mass is 15.1. The van der Waals surface area contributed by atoms with Crippen LogP contribution in [0.2, 0.25) is 0 Å². The summed E-state index contributed by atoms with van der Waals surface area (Å²) in [7, 11) is 0. The molecule has 1 unspecified atom stereocenters. The molecule has 0 aromatic heterocycles. The Hall–Kier alpha value is -7.16. The van der Waals surface area contributed by atoms with Gasteiger partial charge in [-0.25, -0.2) is 0 Å². The van der Waals surface area contributed by atoms with Crippen molar-refractivity contribution >= 4 is 44.9 Å². The van der Waals surface area contributed by atoms with Crippen LogP contribution >= 0.6 is 0 Å². The first-order chi connectivity index (χ1) is 29.4. The smallest absolute Gasteiger partial charge is 0.0725 e. The summed E-state index contributed by atoms with van der Waals surface area (Å²) in [5.74, 6) is 0. The number of nitrogens with zero attached hydrogens (tertiary/aromatic N) is 2. The summed E-state index contributed by atoms with van der Waals surface area (Å²) in [6, 6.07) is 64.0. The third kappa shape index (κ3) is 4.68. The van der Waals surface area contributed by atoms with Crippen molar-refractivity contribution < 1.29 is 6.85 Å². The second-order valence-corrected chi connectivity index (χ2v) is 14.1. The number of anilines is 6. The quantitative estimate of drug-likeness (QED) is 0.170. The van der Waals surface area contributed by atoms with Gasteiger partial charge in [-0.1, -0.05) is 152 Å². The molecule has 11 rings (SSSR count). The number of hydrogen-bond donors (Lipinski definition) is 0. The van der Waals surface area contributed by atoms with Gasteiger partial charge in [-0.2, -0.15) is 0 Å². The van der Waals surface area contributed by atoms with Crippen molar-refractivity contribution in [1.82, 2.24) is 0 Å². The molecule has 0 saturated heterocycles. The number of rotatable bonds is 6. The number of para-hydroxylation sites is 3. The van der Waals surface area contributed by atoms with Crippen LogP contribution in [0.1, 0.15) is 29.1 Å². The minimum atomic E-state index is -0.625. The molecule has 2 nitrogen and oxygen atoms in total. The molecule has 0 bridgehead atoms. The first kappa shape index (κ1) is 26.6. The fourth-order valence-corrected chi connectivity index (χ4v) is 9.15. The molecular weight excluding hydrogens is 665 g/mol. The lowest BCUT2D eigenvalue weighted by molar-refractivity contribution is 0.794. The topological polar surface area (TPSA) is 6.48 Å². The maximum atomic E-state index is 9.01. The molecule has 0 heterocycles. The summed E-state index contributed by atoms with van der Waals surface area (Å²) in [5, 5.41) is 2.35. The van der Waals surface area contributed by atoms with Crippen molar-refractivity contribution in [2.24, 2.45) is 0 Å². The molecule has 1 atom stereocenters. The summed E-state index contributed by atoms with van der Waals surface area (Å²) < 4.78 is 43.4. The van der Waals surface area contributed by atoms with E-state index in [1.54, 1.807) is 4.90 Å². The minimum absolute atomic E-state index is 0.103. The second-order valence-electron chi connectivity index (χ2n) is 14.1. The van der Waals surface area contributed by atoms with Gasteiger partial charge in [-0.3, -0.25) is 0 Å². The Kier molecular flexibility index (Phi) is 6.03. The summed E-state index contributed by atoms with van der Waals surface area (Å²) in [6.07, 6.45) is 0. The summed E-state index contributed by atoms with van der Waals surface area (Å²) in [4.78, 5) is 4.15. The van der Waals surface area contributed by atoms with E-state index in [1.807, 2.05) is 36.4 Å². The first-order valence-corrected chi connectivity index (χ1v) is 18.6. The zero-order valence-electron chi connectivity index (χ0n) is 34.8. The van der Waals surface area contributed by atoms with Crippen LogP contribution in [0, 0.1) is 0 Å². The lowest BCUT2D eigenvalue weighted by Crippen LogP contribution is -2.26. The lowest BCUT2D eigenvalue weighted by atomic mass is 9.70. The Bertz CT molecular complexity index is 3150. The van der Waals surface area contributed by atoms with E-state index in [2.05, 4.69) is 157 Å². The molecule has 0 aliphatic heterocycles. The van der Waals surface area contributed by atoms with E-state index < -0.39 is 11.5 Å². The molecule has 2 aliphatic carbocycles. The average molecular weight is 706 g/mol. The van der Waals surface area contributed by atoms with E-state index >= 15 is 0 Å². The van der Waals surface area contributed by atoms with Crippen LogP contribution in [-0.4, -0.2) is 0 Å². The number of fused-ring (bicyclic) bond motifs is 11. The monoisotopic (exact) mass is 705 g/mol. The highest BCUT2D eigenvalue weighted by Gasteiger charge is 2.51. The fraction of sp³-hybridized carbons (Fsp3) is 0.0189. The third-order valence-electron chi connectivity index (χ3n) is 11.3. The van der Waals surface area contributed by atoms with Crippen molar-refractivity contribution in [1.29, 1.82) is 0 Å². The largest absolute Gasteiger partial charge is 0.310 e. The van der Waals surface area contributed by atoms with Gasteiger partial charge >= 0.3 is 0 Å². The molecule has 1 spiro atoms. The molecule has 9 aromatic carbocycles. The molecule has 0 fully saturated rings. The van der Waals surface area contributed by atoms with Crippen LogP contribution in [0.5, 0.6) is 0 Å². The second kappa shape index (κ2) is 12.5. The van der Waals surface area contributed by atoms with Crippen LogP contribution in [0.4, 0.5) is 34.1 Å². The SMILES string of the molecule is [2H]c1c([2H])c([2H])c(N(c2ccccc2)c2ccc3c(c2)-c2ccccc2C32c3ccccc3-c3cc(N(c4ccccc4)c4cccc5ccccc45)ccc32)c([2H])c1[2H]. The molecule has 0 saturated carbocycles. The van der Waals surface area contributed by atoms with E-state index in [9.17, 15) is 0 Å². The normalized spacial score (nSPS) is 15.9. The van der Waals surface area contributed by atoms with E-state index in [-0.39, 0.29) is 29.9 Å². The fourth-order valence-electron chi connectivity index (χ4n) is 9.15. The molecular formula is C53H36N2. The zero-order chi connectivity index (χ0) is 40.7. The lowest BCUT2D eigenvalue weighted by Gasteiger charge is -2.32. The third-order valence-corrected chi connectivity index (χ3v) is 11.3. The number of benzene rings is 9. The van der Waals surface area contributed by atoms with Crippen molar-refractivity contribution in [3.63, 3.8) is 0 Å². The maximum absolute atomic E-state index is 9.01. The molecule has 2 aliphatic rings. The van der Waals surface area contributed by atoms with Crippen LogP contribution in [-0.2, 0) is 5.41 Å². The van der Waals surface area contributed by atoms with E-state index in [4.69, 9.17) is 6.85 Å². The van der Waals surface area contributed by atoms with Crippen molar-refractivity contribution in [2.45, 2.75) is 5.41 Å². The molecule has 0 radical (unpaired) electrons. The van der Waals surface area contributed by atoms with Crippen LogP contribution < -0.4 is 9.80 Å². The average Bonchev–Trinajstić information content (AvgIpc) is 3.76. The van der Waals surface area contributed by atoms with E-state index in [0.717, 1.165) is 33.8 Å². The molecule has 0 N–H and O–H groups in total. The Labute approximate surface area is 328 Å². The van der Waals surface area contributed by atoms with Crippen LogP contribution in [0.3, 0.4) is 0 Å². The molecule has 9 aromatic rings. The predicted octanol–water partition coefficient (Wildman–Crippen LogP) is 14.1. The highest BCUT2D eigenvalue weighted by Crippen LogP contribution is 2.63. The van der Waals surface area contributed by atoms with Gasteiger partial charge in [-0.05, 0) is 117 Å². The summed E-state index contributed by atoms with van der Waals surface area (Å²) >= 11 is 0. The van der Waals surface area contributed by atoms with Gasteiger partial charge < -0.3 is 9.80 Å². The Morgan fingerprint density at radius 1 is 0.345 bits per heavy atom. The van der Waals surface area contributed by atoms with Gasteiger partial charge in [0.1, 0.15) is 0 Å². The van der Waals surface area contributed by atoms with Gasteiger partial charge in [-0.15, -0.1) is 0 Å². The molecule has 258 valence electrons. The molecule has 55 heavy (non-hydrogen) atoms. The standard InChI is InChI=1S/C53H36N2/c1-4-19-38(20-5-1)54(39-21-6-2-7-22-39)41-31-33-50-46(35-41)44-26-12-14-28-48(44)53(50)49-29-15-13-27-45(49)47-36-42(32-34-51(47)53)55(40-23-8-3-9-24-40)52-30-16-18-37-17-10-11-25-43(37)52/h1-36H/i1D,4D,5D,19D,20D. The zero-order valence-corrected chi connectivity index (χ0v) is 29.8. The summed E-state index contributed by atoms with van der Waals surface area (Å²) in [6.45, 7) is 0. The molecule has 2 heteroatoms. The predicted molar refractivity (Wildman–Crippen MR) is 230 cm³/mol. The Balaban J connectivity index is 1.14. The van der Waals surface area contributed by atoms with Crippen molar-refractivity contribution in [2.75, 3.05) is 9.80 Å². The first-order valence-electron chi connectivity index (χ1n) is 21.1. The molecule has 0 amide bonds. The summed E-state index contributed by atoms with van der Waals surface area (Å²) in [5.41, 5.74) is 13.3. The number of hydrogen-bond acceptors (Lipinski definition) is 2. The maximum Gasteiger partial charge on any atom is 0.0725 e. The Morgan fingerprint density at radius 3 is 1.47 bits per heavy atom. The van der Waals surface area contributed by atoms with Gasteiger partial charge in [0.25, 0.3) is 0 Å². The minimum Gasteiger partial charge on any atom is -0.310 e. The van der Waals surface area contributed by atoms with E-state index in [0.29, 0.717) is 11.4 Å². The highest BCUT2D eigenvalue weighted by molar-refractivity contribution is 6.01. The van der Waals surface area contributed by atoms with E-state index in [1.165, 1.54) is 38.6 Å². The Morgan fingerprint density at radius 2 is 0.836 bits per heavy atom. The van der Waals surface area contributed by atoms with Crippen LogP contribution in [0.15, 0.2) is 218 Å². The van der Waals surface area contributed by atoms with Gasteiger partial charge in [0.2, 0.25) is 0 Å². The van der Waals surface area contributed by atoms with Crippen LogP contribution in [0.25, 0.3) is 33.0 Å². The van der Waals surface area contributed by atoms with Crippen molar-refractivity contribution in [3.8, 4) is 22.3 Å². The van der Waals surface area contributed by atoms with Crippen molar-refractivity contribution in [3.05, 3.63) is 241 Å². The van der Waals surface area contributed by atoms with Gasteiger partial charge in [0, 0.05) is 33.8 Å².